The van der Waals surface area contributed by atoms with Crippen molar-refractivity contribution in [3.05, 3.63) is 29.6 Å². The van der Waals surface area contributed by atoms with Gasteiger partial charge >= 0.3 is 0 Å². The Morgan fingerprint density at radius 1 is 1.14 bits per heavy atom. The van der Waals surface area contributed by atoms with Crippen molar-refractivity contribution in [2.75, 3.05) is 11.8 Å². The molecule has 29 heavy (non-hydrogen) atoms. The number of methoxy groups -OCH3 is 1. The summed E-state index contributed by atoms with van der Waals surface area (Å²) in [7, 11) is -2.23. The molecule has 0 aliphatic heterocycles. The van der Waals surface area contributed by atoms with E-state index in [2.05, 4.69) is 9.82 Å². The van der Waals surface area contributed by atoms with Crippen molar-refractivity contribution in [1.29, 1.82) is 0 Å². The first-order valence-corrected chi connectivity index (χ1v) is 11.5. The summed E-state index contributed by atoms with van der Waals surface area (Å²) in [6.07, 6.45) is 4.45. The zero-order chi connectivity index (χ0) is 21.4. The lowest BCUT2D eigenvalue weighted by Gasteiger charge is -2.21. The van der Waals surface area contributed by atoms with Crippen molar-refractivity contribution >= 4 is 15.7 Å². The van der Waals surface area contributed by atoms with E-state index >= 15 is 0 Å². The fourth-order valence-electron chi connectivity index (χ4n) is 3.89. The normalized spacial score (nSPS) is 15.5. The van der Waals surface area contributed by atoms with Crippen LogP contribution in [0.25, 0.3) is 0 Å². The third-order valence-electron chi connectivity index (χ3n) is 5.14. The van der Waals surface area contributed by atoms with Gasteiger partial charge in [-0.3, -0.25) is 9.40 Å². The highest BCUT2D eigenvalue weighted by molar-refractivity contribution is 7.92. The van der Waals surface area contributed by atoms with Gasteiger partial charge in [-0.15, -0.1) is 0 Å². The van der Waals surface area contributed by atoms with Gasteiger partial charge in [-0.05, 0) is 72.4 Å². The molecule has 1 N–H and O–H groups in total. The average molecular weight is 422 g/mol. The Balaban J connectivity index is 1.92. The first-order chi connectivity index (χ1) is 13.5. The molecule has 1 heterocycles. The predicted octanol–water partition coefficient (Wildman–Crippen LogP) is 4.39. The largest absolute Gasteiger partial charge is 0.493 e. The molecule has 1 saturated carbocycles. The molecular formula is C21H31N3O4S. The summed E-state index contributed by atoms with van der Waals surface area (Å²) >= 11 is 0. The molecule has 7 nitrogen and oxygen atoms in total. The van der Waals surface area contributed by atoms with Crippen LogP contribution in [0.15, 0.2) is 23.1 Å². The number of aromatic nitrogens is 2. The smallest absolute Gasteiger partial charge is 0.265 e. The van der Waals surface area contributed by atoms with E-state index in [1.54, 1.807) is 43.8 Å². The molecular weight excluding hydrogens is 390 g/mol. The van der Waals surface area contributed by atoms with E-state index in [9.17, 15) is 8.42 Å². The first kappa shape index (κ1) is 21.5. The van der Waals surface area contributed by atoms with Crippen molar-refractivity contribution in [3.8, 4) is 11.5 Å². The molecule has 1 aromatic carbocycles. The van der Waals surface area contributed by atoms with E-state index in [1.165, 1.54) is 0 Å². The molecule has 0 amide bonds. The van der Waals surface area contributed by atoms with Crippen LogP contribution in [0.1, 0.15) is 57.8 Å². The standard InChI is InChI=1S/C21H31N3O4S/c1-14-20(15(2)24(22-14)21(3,4)5)29(25,26)23-16-11-12-18(27-6)19(13-16)28-17-9-7-8-10-17/h11-13,17,23H,7-10H2,1-6H3. The number of aryl methyl sites for hydroxylation is 1. The fourth-order valence-corrected chi connectivity index (χ4v) is 5.34. The molecule has 0 unspecified atom stereocenters. The summed E-state index contributed by atoms with van der Waals surface area (Å²) in [5.74, 6) is 1.14. The molecule has 2 aromatic rings. The van der Waals surface area contributed by atoms with Gasteiger partial charge in [0, 0.05) is 6.07 Å². The number of benzene rings is 1. The van der Waals surface area contributed by atoms with E-state index < -0.39 is 10.0 Å². The van der Waals surface area contributed by atoms with E-state index in [-0.39, 0.29) is 16.5 Å². The summed E-state index contributed by atoms with van der Waals surface area (Å²) in [5.41, 5.74) is 1.20. The first-order valence-electron chi connectivity index (χ1n) is 9.97. The van der Waals surface area contributed by atoms with E-state index in [1.807, 2.05) is 20.8 Å². The number of hydrogen-bond donors (Lipinski definition) is 1. The number of nitrogens with zero attached hydrogens (tertiary/aromatic N) is 2. The maximum absolute atomic E-state index is 13.2. The summed E-state index contributed by atoms with van der Waals surface area (Å²) in [6, 6.07) is 5.09. The van der Waals surface area contributed by atoms with E-state index in [0.717, 1.165) is 25.7 Å². The molecule has 1 aromatic heterocycles. The number of hydrogen-bond acceptors (Lipinski definition) is 5. The highest BCUT2D eigenvalue weighted by atomic mass is 32.2. The summed E-state index contributed by atoms with van der Waals surface area (Å²) < 4.78 is 42.2. The van der Waals surface area contributed by atoms with Crippen LogP contribution in [0.2, 0.25) is 0 Å². The zero-order valence-electron chi connectivity index (χ0n) is 18.1. The van der Waals surface area contributed by atoms with Crippen LogP contribution in [0.3, 0.4) is 0 Å². The van der Waals surface area contributed by atoms with Gasteiger partial charge in [0.2, 0.25) is 0 Å². The van der Waals surface area contributed by atoms with Crippen LogP contribution in [-0.4, -0.2) is 31.4 Å². The Labute approximate surface area is 173 Å². The van der Waals surface area contributed by atoms with Crippen LogP contribution in [0, 0.1) is 13.8 Å². The maximum Gasteiger partial charge on any atom is 0.265 e. The summed E-state index contributed by atoms with van der Waals surface area (Å²) in [4.78, 5) is 0.210. The Bertz CT molecular complexity index is 984. The fraction of sp³-hybridized carbons (Fsp3) is 0.571. The van der Waals surface area contributed by atoms with Gasteiger partial charge in [-0.1, -0.05) is 0 Å². The second-order valence-corrected chi connectivity index (χ2v) is 10.2. The van der Waals surface area contributed by atoms with E-state index in [0.29, 0.717) is 28.6 Å². The van der Waals surface area contributed by atoms with Crippen molar-refractivity contribution in [3.63, 3.8) is 0 Å². The Morgan fingerprint density at radius 3 is 2.34 bits per heavy atom. The minimum Gasteiger partial charge on any atom is -0.493 e. The molecule has 1 aliphatic rings. The van der Waals surface area contributed by atoms with Crippen molar-refractivity contribution < 1.29 is 17.9 Å². The van der Waals surface area contributed by atoms with Gasteiger partial charge in [0.25, 0.3) is 10.0 Å². The maximum atomic E-state index is 13.2. The average Bonchev–Trinajstić information content (AvgIpc) is 3.22. The third kappa shape index (κ3) is 4.52. The van der Waals surface area contributed by atoms with Gasteiger partial charge in [-0.25, -0.2) is 8.42 Å². The van der Waals surface area contributed by atoms with Gasteiger partial charge in [-0.2, -0.15) is 5.10 Å². The van der Waals surface area contributed by atoms with Crippen molar-refractivity contribution in [2.45, 2.75) is 76.8 Å². The van der Waals surface area contributed by atoms with Crippen LogP contribution < -0.4 is 14.2 Å². The topological polar surface area (TPSA) is 82.5 Å². The second kappa shape index (κ2) is 7.89. The molecule has 0 spiro atoms. The van der Waals surface area contributed by atoms with Crippen molar-refractivity contribution in [2.24, 2.45) is 0 Å². The van der Waals surface area contributed by atoms with Crippen LogP contribution in [0.5, 0.6) is 11.5 Å². The van der Waals surface area contributed by atoms with Gasteiger partial charge in [0.1, 0.15) is 4.90 Å². The van der Waals surface area contributed by atoms with Crippen LogP contribution in [0.4, 0.5) is 5.69 Å². The molecule has 3 rings (SSSR count). The molecule has 0 saturated heterocycles. The third-order valence-corrected chi connectivity index (χ3v) is 6.77. The van der Waals surface area contributed by atoms with Crippen LogP contribution in [-0.2, 0) is 15.6 Å². The lowest BCUT2D eigenvalue weighted by molar-refractivity contribution is 0.201. The second-order valence-electron chi connectivity index (χ2n) is 8.58. The Morgan fingerprint density at radius 2 is 1.79 bits per heavy atom. The Hall–Kier alpha value is -2.22. The quantitative estimate of drug-likeness (QED) is 0.748. The number of nitrogens with one attached hydrogen (secondary N) is 1. The number of ether oxygens (including phenoxy) is 2. The molecule has 1 aliphatic carbocycles. The van der Waals surface area contributed by atoms with E-state index in [4.69, 9.17) is 9.47 Å². The van der Waals surface area contributed by atoms with Gasteiger partial charge < -0.3 is 9.47 Å². The zero-order valence-corrected chi connectivity index (χ0v) is 18.9. The monoisotopic (exact) mass is 421 g/mol. The van der Waals surface area contributed by atoms with Crippen LogP contribution >= 0.6 is 0 Å². The molecule has 160 valence electrons. The SMILES string of the molecule is COc1ccc(NS(=O)(=O)c2c(C)nn(C(C)(C)C)c2C)cc1OC1CCCC1. The molecule has 0 radical (unpaired) electrons. The van der Waals surface area contributed by atoms with Gasteiger partial charge in [0.15, 0.2) is 11.5 Å². The minimum absolute atomic E-state index is 0.144. The van der Waals surface area contributed by atoms with Gasteiger partial charge in [0.05, 0.1) is 35.8 Å². The highest BCUT2D eigenvalue weighted by Gasteiger charge is 2.29. The lowest BCUT2D eigenvalue weighted by atomic mass is 10.1. The summed E-state index contributed by atoms with van der Waals surface area (Å²) in [6.45, 7) is 9.47. The highest BCUT2D eigenvalue weighted by Crippen LogP contribution is 2.35. The Kier molecular flexibility index (Phi) is 5.85. The number of sulfonamides is 1. The molecule has 1 fully saturated rings. The molecule has 0 atom stereocenters. The lowest BCUT2D eigenvalue weighted by Crippen LogP contribution is -2.25. The summed E-state index contributed by atoms with van der Waals surface area (Å²) in [5, 5.41) is 4.46. The minimum atomic E-state index is -3.81. The molecule has 8 heteroatoms. The van der Waals surface area contributed by atoms with Crippen molar-refractivity contribution in [1.82, 2.24) is 9.78 Å². The predicted molar refractivity (Wildman–Crippen MR) is 113 cm³/mol. The number of rotatable bonds is 6. The number of anilines is 1. The molecule has 0 bridgehead atoms.